The van der Waals surface area contributed by atoms with Gasteiger partial charge in [0.2, 0.25) is 0 Å². The number of rotatable bonds is 3. The Hall–Kier alpha value is -2.69. The maximum absolute atomic E-state index is 4.06. The van der Waals surface area contributed by atoms with E-state index in [1.165, 1.54) is 5.56 Å². The van der Waals surface area contributed by atoms with Crippen molar-refractivity contribution in [2.24, 2.45) is 7.05 Å². The summed E-state index contributed by atoms with van der Waals surface area (Å²) in [7, 11) is 1.83. The van der Waals surface area contributed by atoms with Crippen LogP contribution in [0.1, 0.15) is 5.56 Å². The molecule has 0 atom stereocenters. The highest BCUT2D eigenvalue weighted by Crippen LogP contribution is 2.28. The molecule has 5 nitrogen and oxygen atoms in total. The minimum atomic E-state index is 0.736. The summed E-state index contributed by atoms with van der Waals surface area (Å²) >= 11 is 0. The third-order valence-corrected chi connectivity index (χ3v) is 3.12. The van der Waals surface area contributed by atoms with Crippen molar-refractivity contribution in [2.45, 2.75) is 6.92 Å². The average Bonchev–Trinajstić information content (AvgIpc) is 2.88. The van der Waals surface area contributed by atoms with Gasteiger partial charge in [-0.05, 0) is 41.6 Å². The molecule has 1 N–H and O–H groups in total. The van der Waals surface area contributed by atoms with Crippen LogP contribution in [0.2, 0.25) is 0 Å². The molecule has 20 heavy (non-hydrogen) atoms. The van der Waals surface area contributed by atoms with Crippen LogP contribution in [-0.2, 0) is 7.05 Å². The maximum Gasteiger partial charge on any atom is 0.183 e. The molecule has 0 fully saturated rings. The first-order chi connectivity index (χ1) is 9.74. The van der Waals surface area contributed by atoms with Gasteiger partial charge in [-0.2, -0.15) is 0 Å². The van der Waals surface area contributed by atoms with Gasteiger partial charge >= 0.3 is 0 Å². The van der Waals surface area contributed by atoms with Crippen LogP contribution in [0, 0.1) is 6.92 Å². The molecule has 5 heteroatoms. The van der Waals surface area contributed by atoms with E-state index in [0.29, 0.717) is 0 Å². The van der Waals surface area contributed by atoms with Crippen LogP contribution in [0.4, 0.5) is 11.4 Å². The van der Waals surface area contributed by atoms with E-state index < -0.39 is 0 Å². The van der Waals surface area contributed by atoms with E-state index in [9.17, 15) is 0 Å². The number of para-hydroxylation sites is 1. The molecule has 0 saturated carbocycles. The highest BCUT2D eigenvalue weighted by Gasteiger charge is 2.10. The predicted molar refractivity (Wildman–Crippen MR) is 78.7 cm³/mol. The second-order valence-corrected chi connectivity index (χ2v) is 4.66. The lowest BCUT2D eigenvalue weighted by Gasteiger charge is -2.11. The topological polar surface area (TPSA) is 55.6 Å². The van der Waals surface area contributed by atoms with Crippen molar-refractivity contribution in [1.29, 1.82) is 0 Å². The van der Waals surface area contributed by atoms with Crippen LogP contribution in [0.25, 0.3) is 11.4 Å². The Morgan fingerprint density at radius 1 is 1.00 bits per heavy atom. The van der Waals surface area contributed by atoms with Gasteiger partial charge in [-0.1, -0.05) is 29.8 Å². The first-order valence-corrected chi connectivity index (χ1v) is 6.39. The number of aromatic nitrogens is 4. The minimum absolute atomic E-state index is 0.736. The zero-order chi connectivity index (χ0) is 13.9. The smallest absolute Gasteiger partial charge is 0.183 e. The molecule has 0 amide bonds. The highest BCUT2D eigenvalue weighted by atomic mass is 15.5. The number of anilines is 2. The number of nitrogens with one attached hydrogen (secondary N) is 1. The lowest BCUT2D eigenvalue weighted by atomic mass is 10.1. The van der Waals surface area contributed by atoms with Gasteiger partial charge in [-0.15, -0.1) is 5.10 Å². The van der Waals surface area contributed by atoms with Crippen LogP contribution in [0.3, 0.4) is 0 Å². The Labute approximate surface area is 117 Å². The molecular weight excluding hydrogens is 250 g/mol. The Balaban J connectivity index is 1.98. The van der Waals surface area contributed by atoms with Gasteiger partial charge in [0, 0.05) is 24.0 Å². The van der Waals surface area contributed by atoms with E-state index in [0.717, 1.165) is 22.8 Å². The fourth-order valence-corrected chi connectivity index (χ4v) is 2.04. The van der Waals surface area contributed by atoms with Gasteiger partial charge in [0.1, 0.15) is 0 Å². The van der Waals surface area contributed by atoms with E-state index >= 15 is 0 Å². The number of nitrogens with zero attached hydrogens (tertiary/aromatic N) is 4. The zero-order valence-corrected chi connectivity index (χ0v) is 11.4. The molecule has 3 rings (SSSR count). The number of hydrogen-bond acceptors (Lipinski definition) is 4. The molecule has 0 spiro atoms. The Kier molecular flexibility index (Phi) is 3.16. The second-order valence-electron chi connectivity index (χ2n) is 4.66. The number of tetrazole rings is 1. The number of benzene rings is 2. The molecular formula is C15H15N5. The van der Waals surface area contributed by atoms with Crippen molar-refractivity contribution in [3.05, 3.63) is 54.1 Å². The Bertz CT molecular complexity index is 715. The van der Waals surface area contributed by atoms with E-state index in [2.05, 4.69) is 52.0 Å². The van der Waals surface area contributed by atoms with Crippen molar-refractivity contribution in [2.75, 3.05) is 5.32 Å². The first kappa shape index (κ1) is 12.3. The zero-order valence-electron chi connectivity index (χ0n) is 11.4. The van der Waals surface area contributed by atoms with E-state index in [1.807, 2.05) is 31.3 Å². The van der Waals surface area contributed by atoms with Gasteiger partial charge in [0.15, 0.2) is 5.82 Å². The maximum atomic E-state index is 4.06. The Morgan fingerprint density at radius 3 is 2.45 bits per heavy atom. The normalized spacial score (nSPS) is 10.5. The van der Waals surface area contributed by atoms with Crippen LogP contribution >= 0.6 is 0 Å². The van der Waals surface area contributed by atoms with E-state index in [-0.39, 0.29) is 0 Å². The highest BCUT2D eigenvalue weighted by molar-refractivity contribution is 5.77. The predicted octanol–water partition coefficient (Wildman–Crippen LogP) is 2.93. The summed E-state index contributed by atoms with van der Waals surface area (Å²) in [5, 5.41) is 15.0. The second kappa shape index (κ2) is 5.13. The molecule has 0 aliphatic rings. The quantitative estimate of drug-likeness (QED) is 0.791. The molecule has 2 aromatic carbocycles. The molecule has 1 heterocycles. The molecule has 0 unspecified atom stereocenters. The lowest BCUT2D eigenvalue weighted by molar-refractivity contribution is 0.715. The molecule has 0 bridgehead atoms. The van der Waals surface area contributed by atoms with Crippen LogP contribution in [0.15, 0.2) is 48.5 Å². The van der Waals surface area contributed by atoms with Crippen molar-refractivity contribution in [3.63, 3.8) is 0 Å². The van der Waals surface area contributed by atoms with Crippen LogP contribution in [-0.4, -0.2) is 20.2 Å². The summed E-state index contributed by atoms with van der Waals surface area (Å²) in [5.74, 6) is 0.736. The number of hydrogen-bond donors (Lipinski definition) is 1. The standard InChI is InChI=1S/C15H15N5/c1-11-7-9-12(10-8-11)16-14-6-4-3-5-13(14)15-17-18-19-20(15)2/h3-10,16H,1-2H3. The third kappa shape index (κ3) is 2.38. The van der Waals surface area contributed by atoms with Gasteiger partial charge in [-0.3, -0.25) is 0 Å². The summed E-state index contributed by atoms with van der Waals surface area (Å²) in [6.45, 7) is 2.07. The van der Waals surface area contributed by atoms with Gasteiger partial charge < -0.3 is 5.32 Å². The number of aryl methyl sites for hydroxylation is 2. The van der Waals surface area contributed by atoms with Crippen molar-refractivity contribution >= 4 is 11.4 Å². The monoisotopic (exact) mass is 265 g/mol. The SMILES string of the molecule is Cc1ccc(Nc2ccccc2-c2nnnn2C)cc1. The molecule has 1 aromatic heterocycles. The fourth-order valence-electron chi connectivity index (χ4n) is 2.04. The van der Waals surface area contributed by atoms with Gasteiger partial charge in [0.05, 0.1) is 0 Å². The van der Waals surface area contributed by atoms with E-state index in [1.54, 1.807) is 4.68 Å². The first-order valence-electron chi connectivity index (χ1n) is 6.39. The lowest BCUT2D eigenvalue weighted by Crippen LogP contribution is -1.98. The van der Waals surface area contributed by atoms with Crippen molar-refractivity contribution in [1.82, 2.24) is 20.2 Å². The molecule has 0 aliphatic carbocycles. The summed E-state index contributed by atoms with van der Waals surface area (Å²) < 4.78 is 1.66. The van der Waals surface area contributed by atoms with Crippen LogP contribution in [0.5, 0.6) is 0 Å². The molecule has 0 saturated heterocycles. The largest absolute Gasteiger partial charge is 0.355 e. The van der Waals surface area contributed by atoms with Gasteiger partial charge in [0.25, 0.3) is 0 Å². The Morgan fingerprint density at radius 2 is 1.75 bits per heavy atom. The molecule has 0 aliphatic heterocycles. The van der Waals surface area contributed by atoms with Crippen LogP contribution < -0.4 is 5.32 Å². The van der Waals surface area contributed by atoms with Gasteiger partial charge in [-0.25, -0.2) is 4.68 Å². The summed E-state index contributed by atoms with van der Waals surface area (Å²) in [5.41, 5.74) is 4.23. The van der Waals surface area contributed by atoms with E-state index in [4.69, 9.17) is 0 Å². The van der Waals surface area contributed by atoms with Crippen molar-refractivity contribution in [3.8, 4) is 11.4 Å². The van der Waals surface area contributed by atoms with Crippen molar-refractivity contribution < 1.29 is 0 Å². The summed E-state index contributed by atoms with van der Waals surface area (Å²) in [6, 6.07) is 16.3. The average molecular weight is 265 g/mol. The summed E-state index contributed by atoms with van der Waals surface area (Å²) in [4.78, 5) is 0. The fraction of sp³-hybridized carbons (Fsp3) is 0.133. The third-order valence-electron chi connectivity index (χ3n) is 3.12. The minimum Gasteiger partial charge on any atom is -0.355 e. The summed E-state index contributed by atoms with van der Waals surface area (Å²) in [6.07, 6.45) is 0. The molecule has 0 radical (unpaired) electrons. The molecule has 100 valence electrons. The molecule has 3 aromatic rings.